The molecule has 0 aliphatic rings. The van der Waals surface area contributed by atoms with Crippen LogP contribution < -0.4 is 0 Å². The Morgan fingerprint density at radius 1 is 0.833 bits per heavy atom. The second-order valence-electron chi connectivity index (χ2n) is 5.10. The molecule has 0 aliphatic carbocycles. The van der Waals surface area contributed by atoms with Crippen LogP contribution in [-0.2, 0) is 0 Å². The molecular formula is C18H11FN4O. The summed E-state index contributed by atoms with van der Waals surface area (Å²) in [6, 6.07) is 13.7. The Hall–Kier alpha value is -3.41. The van der Waals surface area contributed by atoms with E-state index in [1.807, 2.05) is 18.2 Å². The van der Waals surface area contributed by atoms with Gasteiger partial charge < -0.3 is 4.52 Å². The van der Waals surface area contributed by atoms with Gasteiger partial charge in [-0.15, -0.1) is 0 Å². The van der Waals surface area contributed by atoms with Crippen LogP contribution in [0.3, 0.4) is 0 Å². The molecule has 0 atom stereocenters. The van der Waals surface area contributed by atoms with E-state index in [0.717, 1.165) is 5.56 Å². The maximum Gasteiger partial charge on any atom is 0.258 e. The van der Waals surface area contributed by atoms with Crippen molar-refractivity contribution in [2.45, 2.75) is 0 Å². The molecule has 24 heavy (non-hydrogen) atoms. The predicted octanol–water partition coefficient (Wildman–Crippen LogP) is 4.00. The Labute approximate surface area is 136 Å². The van der Waals surface area contributed by atoms with Crippen LogP contribution in [0.25, 0.3) is 34.1 Å². The van der Waals surface area contributed by atoms with Crippen molar-refractivity contribution in [3.63, 3.8) is 0 Å². The van der Waals surface area contributed by atoms with Gasteiger partial charge in [0.15, 0.2) is 0 Å². The first-order valence-corrected chi connectivity index (χ1v) is 7.26. The standard InChI is InChI=1S/C18H11FN4O/c19-15-10-13(12-4-7-20-8-5-12)9-14(11-15)18-22-17(23-24-18)16-3-1-2-6-21-16/h1-11H. The van der Waals surface area contributed by atoms with E-state index in [2.05, 4.69) is 20.1 Å². The zero-order chi connectivity index (χ0) is 16.4. The van der Waals surface area contributed by atoms with Crippen LogP contribution >= 0.6 is 0 Å². The molecule has 6 heteroatoms. The van der Waals surface area contributed by atoms with Gasteiger partial charge in [-0.05, 0) is 53.6 Å². The summed E-state index contributed by atoms with van der Waals surface area (Å²) in [6.07, 6.45) is 4.96. The van der Waals surface area contributed by atoms with Gasteiger partial charge in [0.05, 0.1) is 0 Å². The Morgan fingerprint density at radius 2 is 1.67 bits per heavy atom. The van der Waals surface area contributed by atoms with E-state index in [1.54, 1.807) is 36.8 Å². The number of halogens is 1. The SMILES string of the molecule is Fc1cc(-c2ccncc2)cc(-c2nc(-c3ccccn3)no2)c1. The molecule has 0 radical (unpaired) electrons. The quantitative estimate of drug-likeness (QED) is 0.571. The zero-order valence-corrected chi connectivity index (χ0v) is 12.4. The van der Waals surface area contributed by atoms with Gasteiger partial charge >= 0.3 is 0 Å². The van der Waals surface area contributed by atoms with Gasteiger partial charge in [0.2, 0.25) is 5.82 Å². The third-order valence-electron chi connectivity index (χ3n) is 3.48. The van der Waals surface area contributed by atoms with Crippen LogP contribution in [-0.4, -0.2) is 20.1 Å². The first-order valence-electron chi connectivity index (χ1n) is 7.26. The largest absolute Gasteiger partial charge is 0.334 e. The monoisotopic (exact) mass is 318 g/mol. The minimum atomic E-state index is -0.378. The molecule has 3 heterocycles. The van der Waals surface area contributed by atoms with E-state index in [1.165, 1.54) is 12.1 Å². The summed E-state index contributed by atoms with van der Waals surface area (Å²) in [5.74, 6) is 0.225. The van der Waals surface area contributed by atoms with Crippen molar-refractivity contribution in [1.82, 2.24) is 20.1 Å². The molecule has 0 unspecified atom stereocenters. The maximum atomic E-state index is 14.0. The van der Waals surface area contributed by atoms with Gasteiger partial charge in [-0.1, -0.05) is 11.2 Å². The summed E-state index contributed by atoms with van der Waals surface area (Å²) in [5, 5.41) is 3.91. The molecule has 0 amide bonds. The van der Waals surface area contributed by atoms with Gasteiger partial charge in [-0.2, -0.15) is 4.98 Å². The van der Waals surface area contributed by atoms with Crippen molar-refractivity contribution in [2.75, 3.05) is 0 Å². The molecule has 4 aromatic rings. The van der Waals surface area contributed by atoms with Gasteiger partial charge in [0.1, 0.15) is 11.5 Å². The molecule has 5 nitrogen and oxygen atoms in total. The summed E-state index contributed by atoms with van der Waals surface area (Å²) in [7, 11) is 0. The highest BCUT2D eigenvalue weighted by molar-refractivity contribution is 5.70. The normalized spacial score (nSPS) is 10.7. The third kappa shape index (κ3) is 2.77. The van der Waals surface area contributed by atoms with Crippen LogP contribution in [0.1, 0.15) is 0 Å². The van der Waals surface area contributed by atoms with Crippen LogP contribution in [0.15, 0.2) is 71.6 Å². The summed E-state index contributed by atoms with van der Waals surface area (Å²) < 4.78 is 19.3. The fourth-order valence-electron chi connectivity index (χ4n) is 2.36. The molecule has 0 spiro atoms. The highest BCUT2D eigenvalue weighted by Gasteiger charge is 2.13. The third-order valence-corrected chi connectivity index (χ3v) is 3.48. The Morgan fingerprint density at radius 3 is 2.46 bits per heavy atom. The number of aromatic nitrogens is 4. The molecule has 116 valence electrons. The number of rotatable bonds is 3. The lowest BCUT2D eigenvalue weighted by atomic mass is 10.0. The predicted molar refractivity (Wildman–Crippen MR) is 86.2 cm³/mol. The van der Waals surface area contributed by atoms with Crippen molar-refractivity contribution >= 4 is 0 Å². The molecule has 0 bridgehead atoms. The minimum Gasteiger partial charge on any atom is -0.334 e. The number of pyridine rings is 2. The first-order chi connectivity index (χ1) is 11.8. The number of nitrogens with zero attached hydrogens (tertiary/aromatic N) is 4. The summed E-state index contributed by atoms with van der Waals surface area (Å²) in [4.78, 5) is 12.4. The van der Waals surface area contributed by atoms with Gasteiger partial charge in [0.25, 0.3) is 5.89 Å². The van der Waals surface area contributed by atoms with E-state index in [-0.39, 0.29) is 11.7 Å². The van der Waals surface area contributed by atoms with Crippen molar-refractivity contribution < 1.29 is 8.91 Å². The molecule has 0 saturated carbocycles. The van der Waals surface area contributed by atoms with Crippen molar-refractivity contribution in [3.05, 3.63) is 72.9 Å². The summed E-state index contributed by atoms with van der Waals surface area (Å²) in [6.45, 7) is 0. The zero-order valence-electron chi connectivity index (χ0n) is 12.4. The van der Waals surface area contributed by atoms with E-state index >= 15 is 0 Å². The molecule has 4 rings (SSSR count). The molecule has 0 N–H and O–H groups in total. The molecule has 0 aliphatic heterocycles. The van der Waals surface area contributed by atoms with Gasteiger partial charge in [-0.3, -0.25) is 9.97 Å². The Kier molecular flexibility index (Phi) is 3.55. The maximum absolute atomic E-state index is 14.0. The van der Waals surface area contributed by atoms with Crippen LogP contribution in [0.5, 0.6) is 0 Å². The van der Waals surface area contributed by atoms with Crippen LogP contribution in [0.4, 0.5) is 4.39 Å². The second kappa shape index (κ2) is 6.00. The van der Waals surface area contributed by atoms with E-state index in [9.17, 15) is 4.39 Å². The summed E-state index contributed by atoms with van der Waals surface area (Å²) >= 11 is 0. The Bertz CT molecular complexity index is 971. The average molecular weight is 318 g/mol. The van der Waals surface area contributed by atoms with E-state index in [4.69, 9.17) is 4.52 Å². The van der Waals surface area contributed by atoms with Crippen molar-refractivity contribution in [3.8, 4) is 34.1 Å². The summed E-state index contributed by atoms with van der Waals surface area (Å²) in [5.41, 5.74) is 2.68. The average Bonchev–Trinajstić information content (AvgIpc) is 3.13. The number of hydrogen-bond acceptors (Lipinski definition) is 5. The first kappa shape index (κ1) is 14.2. The molecule has 0 fully saturated rings. The fraction of sp³-hybridized carbons (Fsp3) is 0. The number of benzene rings is 1. The lowest BCUT2D eigenvalue weighted by molar-refractivity contribution is 0.432. The molecule has 1 aromatic carbocycles. The smallest absolute Gasteiger partial charge is 0.258 e. The Balaban J connectivity index is 1.75. The lowest BCUT2D eigenvalue weighted by Crippen LogP contribution is -1.87. The molecular weight excluding hydrogens is 307 g/mol. The van der Waals surface area contributed by atoms with E-state index in [0.29, 0.717) is 22.6 Å². The van der Waals surface area contributed by atoms with Gasteiger partial charge in [0, 0.05) is 24.2 Å². The highest BCUT2D eigenvalue weighted by atomic mass is 19.1. The van der Waals surface area contributed by atoms with Crippen molar-refractivity contribution in [1.29, 1.82) is 0 Å². The van der Waals surface area contributed by atoms with Crippen LogP contribution in [0.2, 0.25) is 0 Å². The molecule has 0 saturated heterocycles. The molecule has 3 aromatic heterocycles. The number of hydrogen-bond donors (Lipinski definition) is 0. The second-order valence-corrected chi connectivity index (χ2v) is 5.10. The lowest BCUT2D eigenvalue weighted by Gasteiger charge is -2.03. The van der Waals surface area contributed by atoms with E-state index < -0.39 is 0 Å². The van der Waals surface area contributed by atoms with Crippen LogP contribution in [0, 0.1) is 5.82 Å². The van der Waals surface area contributed by atoms with Crippen molar-refractivity contribution in [2.24, 2.45) is 0 Å². The van der Waals surface area contributed by atoms with Gasteiger partial charge in [-0.25, -0.2) is 4.39 Å². The minimum absolute atomic E-state index is 0.241. The fourth-order valence-corrected chi connectivity index (χ4v) is 2.36. The highest BCUT2D eigenvalue weighted by Crippen LogP contribution is 2.27. The topological polar surface area (TPSA) is 64.7 Å².